The Hall–Kier alpha value is 0.650. The van der Waals surface area contributed by atoms with E-state index in [1.54, 1.807) is 0 Å². The van der Waals surface area contributed by atoms with Crippen molar-refractivity contribution < 1.29 is 10.2 Å². The first-order chi connectivity index (χ1) is 6.88. The minimum atomic E-state index is -1.21. The number of aliphatic hydroxyl groups excluding tert-OH is 2. The first-order valence-electron chi connectivity index (χ1n) is 5.70. The topological polar surface area (TPSA) is 40.5 Å². The van der Waals surface area contributed by atoms with E-state index in [1.807, 2.05) is 0 Å². The van der Waals surface area contributed by atoms with Crippen molar-refractivity contribution in [2.24, 2.45) is 0 Å². The molecule has 0 aliphatic carbocycles. The average Bonchev–Trinajstić information content (AvgIpc) is 2.24. The van der Waals surface area contributed by atoms with Gasteiger partial charge in [0, 0.05) is 0 Å². The van der Waals surface area contributed by atoms with E-state index in [2.05, 4.69) is 0 Å². The van der Waals surface area contributed by atoms with Gasteiger partial charge in [-0.2, -0.15) is 0 Å². The summed E-state index contributed by atoms with van der Waals surface area (Å²) < 4.78 is 2.17. The Bertz CT molecular complexity index is 125. The zero-order valence-corrected chi connectivity index (χ0v) is 11.1. The predicted octanol–water partition coefficient (Wildman–Crippen LogP) is 2.55. The fraction of sp³-hybridized carbons (Fsp3) is 1.00. The van der Waals surface area contributed by atoms with Crippen LogP contribution in [-0.2, 0) is 0 Å². The standard InChI is InChI=1S/C11H23IO2/c13-9-11-7-5-3-1-2-4-6-8-12(11)10-14/h11,13-14H,1-10H2. The van der Waals surface area contributed by atoms with Gasteiger partial charge < -0.3 is 0 Å². The molecule has 0 amide bonds. The molecule has 1 rings (SSSR count). The van der Waals surface area contributed by atoms with E-state index in [4.69, 9.17) is 0 Å². The van der Waals surface area contributed by atoms with Crippen LogP contribution in [0.4, 0.5) is 0 Å². The summed E-state index contributed by atoms with van der Waals surface area (Å²) in [5.41, 5.74) is 0. The third-order valence-corrected chi connectivity index (χ3v) is 9.46. The first-order valence-corrected chi connectivity index (χ1v) is 10.00. The molecule has 0 bridgehead atoms. The summed E-state index contributed by atoms with van der Waals surface area (Å²) in [7, 11) is 0. The molecule has 1 atom stereocenters. The molecule has 1 saturated heterocycles. The van der Waals surface area contributed by atoms with Crippen LogP contribution in [0.15, 0.2) is 0 Å². The van der Waals surface area contributed by atoms with Gasteiger partial charge >= 0.3 is 94.6 Å². The summed E-state index contributed by atoms with van der Waals surface area (Å²) in [5.74, 6) is 0. The zero-order valence-electron chi connectivity index (χ0n) is 8.92. The maximum atomic E-state index is 9.33. The van der Waals surface area contributed by atoms with Crippen LogP contribution in [-0.4, -0.2) is 29.8 Å². The molecule has 0 saturated carbocycles. The van der Waals surface area contributed by atoms with Gasteiger partial charge in [-0.15, -0.1) is 0 Å². The summed E-state index contributed by atoms with van der Waals surface area (Å²) in [6, 6.07) is 0. The van der Waals surface area contributed by atoms with Crippen molar-refractivity contribution in [1.29, 1.82) is 0 Å². The van der Waals surface area contributed by atoms with Gasteiger partial charge in [0.05, 0.1) is 0 Å². The molecular formula is C11H23IO2. The van der Waals surface area contributed by atoms with E-state index in [0.29, 0.717) is 15.1 Å². The third-order valence-electron chi connectivity index (χ3n) is 2.93. The maximum absolute atomic E-state index is 9.33. The van der Waals surface area contributed by atoms with Crippen LogP contribution in [0.3, 0.4) is 0 Å². The van der Waals surface area contributed by atoms with Gasteiger partial charge in [-0.1, -0.05) is 0 Å². The summed E-state index contributed by atoms with van der Waals surface area (Å²) in [5, 5.41) is 18.6. The van der Waals surface area contributed by atoms with Crippen molar-refractivity contribution in [3.05, 3.63) is 0 Å². The van der Waals surface area contributed by atoms with Gasteiger partial charge in [0.1, 0.15) is 0 Å². The molecule has 3 heteroatoms. The zero-order chi connectivity index (χ0) is 10.2. The number of hydrogen-bond donors (Lipinski definition) is 2. The van der Waals surface area contributed by atoms with Crippen LogP contribution in [0.25, 0.3) is 0 Å². The molecule has 0 spiro atoms. The van der Waals surface area contributed by atoms with E-state index in [9.17, 15) is 10.2 Å². The fourth-order valence-corrected chi connectivity index (χ4v) is 7.17. The number of alkyl halides is 3. The van der Waals surface area contributed by atoms with Gasteiger partial charge in [-0.05, 0) is 0 Å². The summed E-state index contributed by atoms with van der Waals surface area (Å²) in [6.45, 7) is 0.325. The van der Waals surface area contributed by atoms with Gasteiger partial charge in [0.15, 0.2) is 0 Å². The van der Waals surface area contributed by atoms with Gasteiger partial charge in [-0.3, -0.25) is 0 Å². The van der Waals surface area contributed by atoms with Crippen LogP contribution in [0, 0.1) is 0 Å². The van der Waals surface area contributed by atoms with E-state index in [1.165, 1.54) is 49.4 Å². The Morgan fingerprint density at radius 1 is 0.929 bits per heavy atom. The van der Waals surface area contributed by atoms with Crippen LogP contribution in [0.5, 0.6) is 0 Å². The molecule has 2 N–H and O–H groups in total. The van der Waals surface area contributed by atoms with Crippen molar-refractivity contribution in [2.75, 3.05) is 15.6 Å². The van der Waals surface area contributed by atoms with Crippen molar-refractivity contribution in [1.82, 2.24) is 0 Å². The van der Waals surface area contributed by atoms with Crippen molar-refractivity contribution in [2.45, 2.75) is 48.9 Å². The summed E-state index contributed by atoms with van der Waals surface area (Å²) >= 11 is -1.21. The minimum absolute atomic E-state index is 0.325. The molecule has 1 heterocycles. The van der Waals surface area contributed by atoms with Crippen LogP contribution in [0.1, 0.15) is 44.9 Å². The Kier molecular flexibility index (Phi) is 7.16. The summed E-state index contributed by atoms with van der Waals surface area (Å²) in [6.07, 6.45) is 9.13. The molecule has 86 valence electrons. The molecule has 14 heavy (non-hydrogen) atoms. The number of halogens is 1. The normalized spacial score (nSPS) is 28.7. The molecule has 0 aromatic heterocycles. The number of rotatable bonds is 2. The van der Waals surface area contributed by atoms with Gasteiger partial charge in [0.25, 0.3) is 0 Å². The van der Waals surface area contributed by atoms with E-state index >= 15 is 0 Å². The fourth-order valence-electron chi connectivity index (χ4n) is 1.99. The molecule has 1 aliphatic heterocycles. The third kappa shape index (κ3) is 4.45. The summed E-state index contributed by atoms with van der Waals surface area (Å²) in [4.78, 5) is 0. The SMILES string of the molecule is OCC1CCCCCCCCI1CO. The Morgan fingerprint density at radius 2 is 1.57 bits per heavy atom. The van der Waals surface area contributed by atoms with E-state index < -0.39 is 19.8 Å². The second kappa shape index (κ2) is 7.88. The molecule has 1 fully saturated rings. The molecular weight excluding hydrogens is 291 g/mol. The molecule has 2 nitrogen and oxygen atoms in total. The molecule has 0 aromatic rings. The Labute approximate surface area is 94.5 Å². The predicted molar refractivity (Wildman–Crippen MR) is 69.2 cm³/mol. The second-order valence-electron chi connectivity index (χ2n) is 4.00. The second-order valence-corrected chi connectivity index (χ2v) is 10.4. The van der Waals surface area contributed by atoms with Crippen LogP contribution < -0.4 is 0 Å². The van der Waals surface area contributed by atoms with Crippen LogP contribution >= 0.6 is 19.8 Å². The monoisotopic (exact) mass is 314 g/mol. The van der Waals surface area contributed by atoms with E-state index in [0.717, 1.165) is 0 Å². The first kappa shape index (κ1) is 12.7. The van der Waals surface area contributed by atoms with Gasteiger partial charge in [-0.25, -0.2) is 0 Å². The van der Waals surface area contributed by atoms with Gasteiger partial charge in [0.2, 0.25) is 0 Å². The van der Waals surface area contributed by atoms with Crippen molar-refractivity contribution in [3.63, 3.8) is 0 Å². The van der Waals surface area contributed by atoms with Crippen molar-refractivity contribution in [3.8, 4) is 0 Å². The Morgan fingerprint density at radius 3 is 2.21 bits per heavy atom. The number of aliphatic hydroxyl groups is 2. The van der Waals surface area contributed by atoms with Crippen molar-refractivity contribution >= 4 is 19.8 Å². The quantitative estimate of drug-likeness (QED) is 0.607. The molecule has 0 radical (unpaired) electrons. The Balaban J connectivity index is 2.40. The average molecular weight is 314 g/mol. The molecule has 1 aliphatic rings. The number of hydrogen-bond acceptors (Lipinski definition) is 2. The van der Waals surface area contributed by atoms with E-state index in [-0.39, 0.29) is 0 Å². The molecule has 1 unspecified atom stereocenters. The molecule has 0 aromatic carbocycles. The van der Waals surface area contributed by atoms with Crippen LogP contribution in [0.2, 0.25) is 0 Å².